The summed E-state index contributed by atoms with van der Waals surface area (Å²) in [5.74, 6) is -0.459. The topological polar surface area (TPSA) is 55.9 Å². The van der Waals surface area contributed by atoms with E-state index in [2.05, 4.69) is 0 Å². The molecule has 0 radical (unpaired) electrons. The Kier molecular flexibility index (Phi) is 2.19. The van der Waals surface area contributed by atoms with Crippen molar-refractivity contribution in [2.45, 2.75) is 38.6 Å². The molecule has 0 aromatic heterocycles. The molecule has 0 amide bonds. The first-order valence-corrected chi connectivity index (χ1v) is 3.77. The Bertz CT molecular complexity index is 204. The number of ether oxygens (including phenoxy) is 2. The van der Waals surface area contributed by atoms with Crippen molar-refractivity contribution in [3.05, 3.63) is 0 Å². The number of esters is 1. The van der Waals surface area contributed by atoms with Crippen LogP contribution in [0.25, 0.3) is 0 Å². The lowest BCUT2D eigenvalue weighted by molar-refractivity contribution is -0.156. The summed E-state index contributed by atoms with van der Waals surface area (Å²) in [5.41, 5.74) is -0.517. The fourth-order valence-electron chi connectivity index (χ4n) is 0.777. The number of carbonyl (C=O) groups excluding carboxylic acids is 2. The third kappa shape index (κ3) is 2.30. The van der Waals surface area contributed by atoms with E-state index >= 15 is 0 Å². The molecule has 4 nitrogen and oxygen atoms in total. The molecule has 2 atom stereocenters. The molecule has 0 spiro atoms. The van der Waals surface area contributed by atoms with Crippen LogP contribution in [-0.4, -0.2) is 30.1 Å². The van der Waals surface area contributed by atoms with Gasteiger partial charge in [-0.1, -0.05) is 0 Å². The van der Waals surface area contributed by atoms with E-state index in [0.29, 0.717) is 6.29 Å². The molecular weight excluding hydrogens is 160 g/mol. The summed E-state index contributed by atoms with van der Waals surface area (Å²) in [7, 11) is 0. The average Bonchev–Trinajstić information content (AvgIpc) is 2.60. The van der Waals surface area contributed by atoms with Gasteiger partial charge in [-0.25, -0.2) is 4.79 Å². The molecule has 1 heterocycles. The van der Waals surface area contributed by atoms with E-state index in [1.807, 2.05) is 0 Å². The summed E-state index contributed by atoms with van der Waals surface area (Å²) >= 11 is 0. The molecule has 0 aliphatic carbocycles. The van der Waals surface area contributed by atoms with Gasteiger partial charge in [-0.3, -0.25) is 0 Å². The Balaban J connectivity index is 2.36. The highest BCUT2D eigenvalue weighted by Crippen LogP contribution is 2.23. The number of carbonyl (C=O) groups is 2. The van der Waals surface area contributed by atoms with Crippen LogP contribution in [-0.2, 0) is 19.1 Å². The summed E-state index contributed by atoms with van der Waals surface area (Å²) in [4.78, 5) is 21.2. The molecule has 1 saturated heterocycles. The molecule has 1 rings (SSSR count). The Morgan fingerprint density at radius 3 is 2.42 bits per heavy atom. The normalized spacial score (nSPS) is 27.9. The van der Waals surface area contributed by atoms with Gasteiger partial charge in [0.1, 0.15) is 5.60 Å². The van der Waals surface area contributed by atoms with Crippen molar-refractivity contribution in [1.29, 1.82) is 0 Å². The smallest absolute Gasteiger partial charge is 0.339 e. The summed E-state index contributed by atoms with van der Waals surface area (Å²) in [6, 6.07) is 0. The van der Waals surface area contributed by atoms with Crippen molar-refractivity contribution in [2.24, 2.45) is 0 Å². The van der Waals surface area contributed by atoms with Crippen LogP contribution in [0, 0.1) is 0 Å². The van der Waals surface area contributed by atoms with Crippen molar-refractivity contribution in [3.63, 3.8) is 0 Å². The van der Waals surface area contributed by atoms with Gasteiger partial charge in [-0.05, 0) is 20.8 Å². The first kappa shape index (κ1) is 9.19. The highest BCUT2D eigenvalue weighted by Gasteiger charge is 2.47. The van der Waals surface area contributed by atoms with Crippen molar-refractivity contribution >= 4 is 12.3 Å². The molecule has 0 aromatic carbocycles. The highest BCUT2D eigenvalue weighted by atomic mass is 16.6. The number of hydrogen-bond acceptors (Lipinski definition) is 4. The fourth-order valence-corrected chi connectivity index (χ4v) is 0.777. The Morgan fingerprint density at radius 1 is 1.50 bits per heavy atom. The molecular formula is C8H12O4. The molecule has 68 valence electrons. The fraction of sp³-hybridized carbons (Fsp3) is 0.750. The first-order chi connectivity index (χ1) is 5.44. The van der Waals surface area contributed by atoms with Crippen LogP contribution < -0.4 is 0 Å². The van der Waals surface area contributed by atoms with Gasteiger partial charge >= 0.3 is 5.97 Å². The third-order valence-electron chi connectivity index (χ3n) is 1.30. The van der Waals surface area contributed by atoms with Crippen molar-refractivity contribution in [2.75, 3.05) is 0 Å². The van der Waals surface area contributed by atoms with E-state index in [4.69, 9.17) is 9.47 Å². The maximum absolute atomic E-state index is 11.1. The SMILES string of the molecule is CC(C)(C)OC(=O)[C@@H]1O[C@@H]1C=O. The van der Waals surface area contributed by atoms with Crippen molar-refractivity contribution < 1.29 is 19.1 Å². The maximum Gasteiger partial charge on any atom is 0.339 e. The number of aldehydes is 1. The van der Waals surface area contributed by atoms with Crippen molar-refractivity contribution in [3.8, 4) is 0 Å². The minimum Gasteiger partial charge on any atom is -0.458 e. The van der Waals surface area contributed by atoms with Crippen LogP contribution >= 0.6 is 0 Å². The van der Waals surface area contributed by atoms with Crippen LogP contribution in [0.1, 0.15) is 20.8 Å². The second-order valence-corrected chi connectivity index (χ2v) is 3.69. The van der Waals surface area contributed by atoms with Gasteiger partial charge in [-0.15, -0.1) is 0 Å². The van der Waals surface area contributed by atoms with E-state index in [0.717, 1.165) is 0 Å². The molecule has 0 saturated carbocycles. The number of hydrogen-bond donors (Lipinski definition) is 0. The molecule has 1 aliphatic rings. The third-order valence-corrected chi connectivity index (χ3v) is 1.30. The molecule has 0 N–H and O–H groups in total. The van der Waals surface area contributed by atoms with Crippen LogP contribution in [0.5, 0.6) is 0 Å². The summed E-state index contributed by atoms with van der Waals surface area (Å²) < 4.78 is 9.70. The molecule has 0 bridgehead atoms. The van der Waals surface area contributed by atoms with Gasteiger partial charge in [0.05, 0.1) is 0 Å². The Hall–Kier alpha value is -0.900. The first-order valence-electron chi connectivity index (χ1n) is 3.77. The van der Waals surface area contributed by atoms with E-state index in [-0.39, 0.29) is 0 Å². The summed E-state index contributed by atoms with van der Waals surface area (Å²) in [6.07, 6.45) is -0.643. The lowest BCUT2D eigenvalue weighted by atomic mass is 10.2. The van der Waals surface area contributed by atoms with Crippen LogP contribution in [0.15, 0.2) is 0 Å². The van der Waals surface area contributed by atoms with Crippen LogP contribution in [0.3, 0.4) is 0 Å². The largest absolute Gasteiger partial charge is 0.458 e. The molecule has 12 heavy (non-hydrogen) atoms. The highest BCUT2D eigenvalue weighted by molar-refractivity contribution is 5.84. The average molecular weight is 172 g/mol. The minimum atomic E-state index is -0.665. The van der Waals surface area contributed by atoms with E-state index < -0.39 is 23.8 Å². The second kappa shape index (κ2) is 2.86. The number of rotatable bonds is 2. The number of epoxide rings is 1. The van der Waals surface area contributed by atoms with E-state index in [1.54, 1.807) is 20.8 Å². The Morgan fingerprint density at radius 2 is 2.08 bits per heavy atom. The Labute approximate surface area is 70.8 Å². The minimum absolute atomic E-state index is 0.459. The van der Waals surface area contributed by atoms with Crippen LogP contribution in [0.2, 0.25) is 0 Å². The molecule has 4 heteroatoms. The van der Waals surface area contributed by atoms with Crippen LogP contribution in [0.4, 0.5) is 0 Å². The predicted octanol–water partition coefficient (Wildman–Crippen LogP) is 0.294. The van der Waals surface area contributed by atoms with Gasteiger partial charge in [0.15, 0.2) is 18.5 Å². The van der Waals surface area contributed by atoms with Gasteiger partial charge in [0, 0.05) is 0 Å². The molecule has 1 fully saturated rings. The van der Waals surface area contributed by atoms with Gasteiger partial charge in [0.25, 0.3) is 0 Å². The molecule has 0 unspecified atom stereocenters. The lowest BCUT2D eigenvalue weighted by Crippen LogP contribution is -2.27. The molecule has 0 aromatic rings. The standard InChI is InChI=1S/C8H12O4/c1-8(2,3)12-7(10)6-5(4-9)11-6/h4-6H,1-3H3/t5-,6-/m1/s1. The summed E-state index contributed by atoms with van der Waals surface area (Å²) in [5, 5.41) is 0. The van der Waals surface area contributed by atoms with Gasteiger partial charge in [0.2, 0.25) is 0 Å². The monoisotopic (exact) mass is 172 g/mol. The predicted molar refractivity (Wildman–Crippen MR) is 40.6 cm³/mol. The second-order valence-electron chi connectivity index (χ2n) is 3.69. The van der Waals surface area contributed by atoms with Crippen molar-refractivity contribution in [1.82, 2.24) is 0 Å². The maximum atomic E-state index is 11.1. The zero-order chi connectivity index (χ0) is 9.35. The van der Waals surface area contributed by atoms with Gasteiger partial charge in [-0.2, -0.15) is 0 Å². The van der Waals surface area contributed by atoms with E-state index in [9.17, 15) is 9.59 Å². The lowest BCUT2D eigenvalue weighted by Gasteiger charge is -2.18. The quantitative estimate of drug-likeness (QED) is 0.341. The summed E-state index contributed by atoms with van der Waals surface area (Å²) in [6.45, 7) is 5.30. The van der Waals surface area contributed by atoms with Gasteiger partial charge < -0.3 is 14.3 Å². The molecule has 1 aliphatic heterocycles. The zero-order valence-corrected chi connectivity index (χ0v) is 7.37. The zero-order valence-electron chi connectivity index (χ0n) is 7.37. The van der Waals surface area contributed by atoms with E-state index in [1.165, 1.54) is 0 Å².